The molecule has 3 aromatic rings. The number of aromatic nitrogens is 2. The topological polar surface area (TPSA) is 17.8 Å². The number of thioether (sulfide) groups is 1. The van der Waals surface area contributed by atoms with Crippen LogP contribution >= 0.6 is 46.6 Å². The molecule has 0 N–H and O–H groups in total. The Morgan fingerprint density at radius 2 is 1.79 bits per heavy atom. The zero-order valence-corrected chi connectivity index (χ0v) is 19.7. The fraction of sp³-hybridized carbons (Fsp3) is 0.318. The molecular formula is C22H22Cl3FN2S. The summed E-state index contributed by atoms with van der Waals surface area (Å²) in [5.74, 6) is 0.103. The van der Waals surface area contributed by atoms with Gasteiger partial charge in [0.05, 0.1) is 16.2 Å². The van der Waals surface area contributed by atoms with E-state index in [1.165, 1.54) is 17.8 Å². The van der Waals surface area contributed by atoms with Crippen molar-refractivity contribution in [3.05, 3.63) is 80.3 Å². The van der Waals surface area contributed by atoms with Crippen LogP contribution in [0, 0.1) is 5.82 Å². The van der Waals surface area contributed by atoms with E-state index < -0.39 is 0 Å². The summed E-state index contributed by atoms with van der Waals surface area (Å²) in [5.41, 5.74) is 2.23. The first-order valence-electron chi connectivity index (χ1n) is 9.21. The van der Waals surface area contributed by atoms with Crippen LogP contribution in [0.5, 0.6) is 0 Å². The molecule has 154 valence electrons. The molecule has 0 saturated heterocycles. The van der Waals surface area contributed by atoms with Gasteiger partial charge in [-0.05, 0) is 43.7 Å². The van der Waals surface area contributed by atoms with E-state index in [9.17, 15) is 4.39 Å². The normalized spacial score (nSPS) is 12.0. The smallest absolute Gasteiger partial charge is 0.168 e. The highest BCUT2D eigenvalue weighted by Crippen LogP contribution is 2.38. The van der Waals surface area contributed by atoms with Crippen molar-refractivity contribution >= 4 is 46.6 Å². The first-order valence-corrected chi connectivity index (χ1v) is 11.3. The molecule has 0 fully saturated rings. The Balaban J connectivity index is 1.97. The quantitative estimate of drug-likeness (QED) is 0.337. The van der Waals surface area contributed by atoms with Crippen LogP contribution in [0.2, 0.25) is 15.1 Å². The molecule has 0 spiro atoms. The Bertz CT molecular complexity index is 1010. The fourth-order valence-corrected chi connectivity index (χ4v) is 5.00. The maximum absolute atomic E-state index is 14.2. The fourth-order valence-electron chi connectivity index (χ4n) is 3.25. The second-order valence-corrected chi connectivity index (χ2v) is 9.80. The summed E-state index contributed by atoms with van der Waals surface area (Å²) in [5, 5.41) is 2.30. The van der Waals surface area contributed by atoms with Gasteiger partial charge < -0.3 is 4.57 Å². The highest BCUT2D eigenvalue weighted by Gasteiger charge is 2.30. The van der Waals surface area contributed by atoms with Crippen LogP contribution in [0.15, 0.2) is 47.8 Å². The van der Waals surface area contributed by atoms with E-state index in [1.807, 2.05) is 24.4 Å². The number of imidazole rings is 1. The van der Waals surface area contributed by atoms with Gasteiger partial charge in [0.2, 0.25) is 0 Å². The largest absolute Gasteiger partial charge is 0.320 e. The molecule has 29 heavy (non-hydrogen) atoms. The van der Waals surface area contributed by atoms with Crippen molar-refractivity contribution in [3.63, 3.8) is 0 Å². The number of nitrogens with zero attached hydrogens (tertiary/aromatic N) is 2. The third-order valence-corrected chi connectivity index (χ3v) is 7.05. The lowest BCUT2D eigenvalue weighted by atomic mass is 9.81. The average Bonchev–Trinajstić information content (AvgIpc) is 3.08. The molecule has 0 aliphatic carbocycles. The van der Waals surface area contributed by atoms with Crippen molar-refractivity contribution in [1.82, 2.24) is 9.55 Å². The van der Waals surface area contributed by atoms with E-state index in [0.29, 0.717) is 26.4 Å². The minimum Gasteiger partial charge on any atom is -0.320 e. The van der Waals surface area contributed by atoms with Crippen molar-refractivity contribution in [2.45, 2.75) is 50.1 Å². The van der Waals surface area contributed by atoms with Crippen molar-refractivity contribution < 1.29 is 4.39 Å². The van der Waals surface area contributed by atoms with Crippen LogP contribution in [0.3, 0.4) is 0 Å². The monoisotopic (exact) mass is 470 g/mol. The summed E-state index contributed by atoms with van der Waals surface area (Å²) in [7, 11) is 0. The van der Waals surface area contributed by atoms with Crippen molar-refractivity contribution in [2.24, 2.45) is 0 Å². The van der Waals surface area contributed by atoms with Gasteiger partial charge in [-0.2, -0.15) is 0 Å². The van der Waals surface area contributed by atoms with Gasteiger partial charge in [-0.15, -0.1) is 0 Å². The molecule has 1 aromatic heterocycles. The third-order valence-electron chi connectivity index (χ3n) is 4.97. The van der Waals surface area contributed by atoms with E-state index in [2.05, 4.69) is 37.2 Å². The molecule has 0 saturated carbocycles. The van der Waals surface area contributed by atoms with Crippen molar-refractivity contribution in [1.29, 1.82) is 0 Å². The van der Waals surface area contributed by atoms with Gasteiger partial charge in [-0.1, -0.05) is 72.5 Å². The van der Waals surface area contributed by atoms with Gasteiger partial charge in [0.15, 0.2) is 5.16 Å². The predicted molar refractivity (Wildman–Crippen MR) is 122 cm³/mol. The second-order valence-electron chi connectivity index (χ2n) is 7.63. The van der Waals surface area contributed by atoms with E-state index in [4.69, 9.17) is 34.8 Å². The van der Waals surface area contributed by atoms with Crippen LogP contribution < -0.4 is 0 Å². The predicted octanol–water partition coefficient (Wildman–Crippen LogP) is 8.18. The Kier molecular flexibility index (Phi) is 6.89. The van der Waals surface area contributed by atoms with Crippen LogP contribution in [0.1, 0.15) is 50.6 Å². The minimum atomic E-state index is -0.347. The number of hydrogen-bond donors (Lipinski definition) is 0. The molecule has 1 heterocycles. The zero-order valence-electron chi connectivity index (χ0n) is 16.6. The summed E-state index contributed by atoms with van der Waals surface area (Å²) in [6, 6.07) is 10.6. The standard InChI is InChI=1S/C22H22Cl3FN2S/c1-13(2)28-20(22(3,4)14-8-9-17(24)18(25)10-14)11-27-21(28)29-12-15-16(23)6-5-7-19(15)26/h5-11,13H,12H2,1-4H3. The highest BCUT2D eigenvalue weighted by atomic mass is 35.5. The van der Waals surface area contributed by atoms with Crippen LogP contribution in [-0.2, 0) is 11.2 Å². The summed E-state index contributed by atoms with van der Waals surface area (Å²) in [6.07, 6.45) is 1.88. The molecule has 0 atom stereocenters. The molecule has 0 radical (unpaired) electrons. The maximum atomic E-state index is 14.2. The first-order chi connectivity index (χ1) is 13.6. The molecule has 0 unspecified atom stereocenters. The molecule has 2 nitrogen and oxygen atoms in total. The Hall–Kier alpha value is -1.20. The molecule has 2 aromatic carbocycles. The second kappa shape index (κ2) is 8.89. The molecule has 7 heteroatoms. The average molecular weight is 472 g/mol. The summed E-state index contributed by atoms with van der Waals surface area (Å²) >= 11 is 20.0. The molecule has 0 amide bonds. The van der Waals surface area contributed by atoms with Gasteiger partial charge in [0.1, 0.15) is 5.82 Å². The van der Waals surface area contributed by atoms with Gasteiger partial charge in [-0.25, -0.2) is 9.37 Å². The number of hydrogen-bond acceptors (Lipinski definition) is 2. The lowest BCUT2D eigenvalue weighted by Crippen LogP contribution is -2.24. The Morgan fingerprint density at radius 3 is 2.41 bits per heavy atom. The van der Waals surface area contributed by atoms with E-state index >= 15 is 0 Å². The molecular weight excluding hydrogens is 450 g/mol. The lowest BCUT2D eigenvalue weighted by Gasteiger charge is -2.29. The molecule has 0 aliphatic heterocycles. The maximum Gasteiger partial charge on any atom is 0.168 e. The Morgan fingerprint density at radius 1 is 1.07 bits per heavy atom. The number of benzene rings is 2. The van der Waals surface area contributed by atoms with Crippen LogP contribution in [0.25, 0.3) is 0 Å². The summed E-state index contributed by atoms with van der Waals surface area (Å²) < 4.78 is 16.3. The zero-order chi connectivity index (χ0) is 21.3. The van der Waals surface area contributed by atoms with Gasteiger partial charge >= 0.3 is 0 Å². The van der Waals surface area contributed by atoms with Gasteiger partial charge in [-0.3, -0.25) is 0 Å². The molecule has 0 bridgehead atoms. The third kappa shape index (κ3) is 4.61. The van der Waals surface area contributed by atoms with E-state index in [1.54, 1.807) is 12.1 Å². The van der Waals surface area contributed by atoms with Gasteiger partial charge in [0.25, 0.3) is 0 Å². The lowest BCUT2D eigenvalue weighted by molar-refractivity contribution is 0.477. The molecule has 3 rings (SSSR count). The SMILES string of the molecule is CC(C)n1c(C(C)(C)c2ccc(Cl)c(Cl)c2)cnc1SCc1c(F)cccc1Cl. The van der Waals surface area contributed by atoms with Crippen molar-refractivity contribution in [3.8, 4) is 0 Å². The van der Waals surface area contributed by atoms with Crippen LogP contribution in [0.4, 0.5) is 4.39 Å². The van der Waals surface area contributed by atoms with Crippen molar-refractivity contribution in [2.75, 3.05) is 0 Å². The minimum absolute atomic E-state index is 0.174. The highest BCUT2D eigenvalue weighted by molar-refractivity contribution is 7.98. The summed E-state index contributed by atoms with van der Waals surface area (Å²) in [4.78, 5) is 4.64. The molecule has 0 aliphatic rings. The van der Waals surface area contributed by atoms with Crippen LogP contribution in [-0.4, -0.2) is 9.55 Å². The van der Waals surface area contributed by atoms with Gasteiger partial charge in [0, 0.05) is 33.5 Å². The van der Waals surface area contributed by atoms with E-state index in [-0.39, 0.29) is 17.3 Å². The van der Waals surface area contributed by atoms with E-state index in [0.717, 1.165) is 16.4 Å². The summed E-state index contributed by atoms with van der Waals surface area (Å²) in [6.45, 7) is 8.47. The number of halogens is 4. The first kappa shape index (κ1) is 22.5. The Labute approximate surface area is 190 Å². The number of rotatable bonds is 6.